The summed E-state index contributed by atoms with van der Waals surface area (Å²) in [5, 5.41) is 13.9. The molecule has 0 unspecified atom stereocenters. The van der Waals surface area contributed by atoms with E-state index in [0.29, 0.717) is 25.4 Å². The number of thiazole rings is 1. The second kappa shape index (κ2) is 6.69. The maximum absolute atomic E-state index is 11.9. The van der Waals surface area contributed by atoms with E-state index in [0.717, 1.165) is 11.6 Å². The van der Waals surface area contributed by atoms with Crippen molar-refractivity contribution in [3.05, 3.63) is 16.1 Å². The summed E-state index contributed by atoms with van der Waals surface area (Å²) in [4.78, 5) is 28.5. The first-order valence-corrected chi connectivity index (χ1v) is 7.68. The van der Waals surface area contributed by atoms with Crippen LogP contribution in [0.3, 0.4) is 0 Å². The maximum Gasteiger partial charge on any atom is 0.355 e. The van der Waals surface area contributed by atoms with Gasteiger partial charge in [-0.05, 0) is 25.7 Å². The van der Waals surface area contributed by atoms with E-state index < -0.39 is 5.97 Å². The largest absolute Gasteiger partial charge is 0.476 e. The molecule has 6 nitrogen and oxygen atoms in total. The molecule has 20 heavy (non-hydrogen) atoms. The van der Waals surface area contributed by atoms with Crippen LogP contribution in [-0.4, -0.2) is 46.6 Å². The highest BCUT2D eigenvalue weighted by molar-refractivity contribution is 7.09. The van der Waals surface area contributed by atoms with Crippen molar-refractivity contribution in [3.63, 3.8) is 0 Å². The van der Waals surface area contributed by atoms with Crippen molar-refractivity contribution in [2.75, 3.05) is 19.6 Å². The zero-order chi connectivity index (χ0) is 14.5. The Bertz CT molecular complexity index is 485. The van der Waals surface area contributed by atoms with Crippen LogP contribution in [0.2, 0.25) is 0 Å². The van der Waals surface area contributed by atoms with Crippen LogP contribution < -0.4 is 5.32 Å². The Morgan fingerprint density at radius 3 is 2.85 bits per heavy atom. The fourth-order valence-corrected chi connectivity index (χ4v) is 2.65. The van der Waals surface area contributed by atoms with Crippen LogP contribution in [-0.2, 0) is 6.42 Å². The van der Waals surface area contributed by atoms with Gasteiger partial charge in [-0.1, -0.05) is 0 Å². The molecule has 1 saturated carbocycles. The number of carboxylic acids is 1. The van der Waals surface area contributed by atoms with E-state index in [4.69, 9.17) is 5.11 Å². The monoisotopic (exact) mass is 297 g/mol. The highest BCUT2D eigenvalue weighted by Crippen LogP contribution is 2.29. The van der Waals surface area contributed by atoms with Crippen molar-refractivity contribution in [1.29, 1.82) is 0 Å². The minimum atomic E-state index is -1.02. The van der Waals surface area contributed by atoms with Crippen LogP contribution in [0.4, 0.5) is 4.79 Å². The summed E-state index contributed by atoms with van der Waals surface area (Å²) in [7, 11) is 0. The number of aromatic carboxylic acids is 1. The predicted octanol–water partition coefficient (Wildman–Crippen LogP) is 1.83. The van der Waals surface area contributed by atoms with Gasteiger partial charge in [0, 0.05) is 31.4 Å². The molecule has 1 aliphatic carbocycles. The lowest BCUT2D eigenvalue weighted by atomic mass is 10.4. The smallest absolute Gasteiger partial charge is 0.355 e. The van der Waals surface area contributed by atoms with E-state index in [1.165, 1.54) is 29.6 Å². The lowest BCUT2D eigenvalue weighted by molar-refractivity contribution is 0.0691. The zero-order valence-electron chi connectivity index (χ0n) is 11.5. The van der Waals surface area contributed by atoms with Crippen molar-refractivity contribution in [2.45, 2.75) is 26.2 Å². The molecule has 2 N–H and O–H groups in total. The highest BCUT2D eigenvalue weighted by Gasteiger charge is 2.25. The quantitative estimate of drug-likeness (QED) is 0.804. The topological polar surface area (TPSA) is 82.5 Å². The number of nitrogens with one attached hydrogen (secondary N) is 1. The van der Waals surface area contributed by atoms with E-state index in [1.807, 2.05) is 11.8 Å². The summed E-state index contributed by atoms with van der Waals surface area (Å²) in [6, 6.07) is -0.0468. The van der Waals surface area contributed by atoms with Gasteiger partial charge < -0.3 is 15.3 Å². The standard InChI is InChI=1S/C13H19N3O3S/c1-2-16(7-9-3-4-9)13(19)14-6-5-11-15-10(8-20-11)12(17)18/h8-9H,2-7H2,1H3,(H,14,19)(H,17,18). The molecule has 1 aromatic rings. The molecule has 0 saturated heterocycles. The van der Waals surface area contributed by atoms with Gasteiger partial charge >= 0.3 is 12.0 Å². The van der Waals surface area contributed by atoms with Crippen LogP contribution in [0.25, 0.3) is 0 Å². The summed E-state index contributed by atoms with van der Waals surface area (Å²) in [5.41, 5.74) is 0.0697. The van der Waals surface area contributed by atoms with Crippen molar-refractivity contribution in [3.8, 4) is 0 Å². The molecular weight excluding hydrogens is 278 g/mol. The first-order chi connectivity index (χ1) is 9.60. The number of carbonyl (C=O) groups is 2. The molecule has 0 radical (unpaired) electrons. The molecule has 110 valence electrons. The number of hydrogen-bond acceptors (Lipinski definition) is 4. The molecule has 2 rings (SSSR count). The summed E-state index contributed by atoms with van der Waals surface area (Å²) < 4.78 is 0. The van der Waals surface area contributed by atoms with Gasteiger partial charge in [-0.2, -0.15) is 0 Å². The van der Waals surface area contributed by atoms with Gasteiger partial charge in [0.25, 0.3) is 0 Å². The normalized spacial score (nSPS) is 14.1. The number of urea groups is 1. The summed E-state index contributed by atoms with van der Waals surface area (Å²) in [6.07, 6.45) is 3.01. The van der Waals surface area contributed by atoms with E-state index in [-0.39, 0.29) is 11.7 Å². The molecule has 1 aliphatic rings. The van der Waals surface area contributed by atoms with Crippen LogP contribution in [0.5, 0.6) is 0 Å². The fourth-order valence-electron chi connectivity index (χ4n) is 1.88. The number of aromatic nitrogens is 1. The first kappa shape index (κ1) is 14.8. The molecule has 7 heteroatoms. The molecule has 1 aromatic heterocycles. The van der Waals surface area contributed by atoms with Crippen LogP contribution in [0.15, 0.2) is 5.38 Å². The SMILES string of the molecule is CCN(CC1CC1)C(=O)NCCc1nc(C(=O)O)cs1. The first-order valence-electron chi connectivity index (χ1n) is 6.80. The van der Waals surface area contributed by atoms with Gasteiger partial charge in [0.05, 0.1) is 5.01 Å². The van der Waals surface area contributed by atoms with Gasteiger partial charge in [0.1, 0.15) is 0 Å². The van der Waals surface area contributed by atoms with Crippen LogP contribution in [0.1, 0.15) is 35.3 Å². The number of carboxylic acid groups (broad SMARTS) is 1. The van der Waals surface area contributed by atoms with Crippen molar-refractivity contribution in [2.24, 2.45) is 5.92 Å². The number of carbonyl (C=O) groups excluding carboxylic acids is 1. The average molecular weight is 297 g/mol. The second-order valence-corrected chi connectivity index (χ2v) is 5.84. The predicted molar refractivity (Wildman–Crippen MR) is 76.1 cm³/mol. The molecule has 1 fully saturated rings. The number of amides is 2. The van der Waals surface area contributed by atoms with Crippen molar-refractivity contribution in [1.82, 2.24) is 15.2 Å². The number of hydrogen-bond donors (Lipinski definition) is 2. The zero-order valence-corrected chi connectivity index (χ0v) is 12.3. The molecular formula is C13H19N3O3S. The van der Waals surface area contributed by atoms with Gasteiger partial charge in [-0.3, -0.25) is 0 Å². The highest BCUT2D eigenvalue weighted by atomic mass is 32.1. The molecule has 0 atom stereocenters. The minimum Gasteiger partial charge on any atom is -0.476 e. The second-order valence-electron chi connectivity index (χ2n) is 4.90. The lowest BCUT2D eigenvalue weighted by Gasteiger charge is -2.21. The molecule has 1 heterocycles. The third kappa shape index (κ3) is 4.19. The van der Waals surface area contributed by atoms with Gasteiger partial charge in [0.2, 0.25) is 0 Å². The third-order valence-corrected chi connectivity index (χ3v) is 4.14. The number of nitrogens with zero attached hydrogens (tertiary/aromatic N) is 2. The molecule has 0 spiro atoms. The van der Waals surface area contributed by atoms with E-state index in [9.17, 15) is 9.59 Å². The van der Waals surface area contributed by atoms with Crippen LogP contribution >= 0.6 is 11.3 Å². The molecule has 0 bridgehead atoms. The third-order valence-electron chi connectivity index (χ3n) is 3.23. The van der Waals surface area contributed by atoms with Gasteiger partial charge in [-0.25, -0.2) is 14.6 Å². The van der Waals surface area contributed by atoms with E-state index in [2.05, 4.69) is 10.3 Å². The minimum absolute atomic E-state index is 0.0468. The molecule has 2 amide bonds. The summed E-state index contributed by atoms with van der Waals surface area (Å²) in [5.74, 6) is -0.337. The van der Waals surface area contributed by atoms with Crippen LogP contribution in [0, 0.1) is 5.92 Å². The summed E-state index contributed by atoms with van der Waals surface area (Å²) in [6.45, 7) is 4.00. The Morgan fingerprint density at radius 2 is 2.30 bits per heavy atom. The Labute approximate surface area is 121 Å². The Kier molecular flexibility index (Phi) is 4.94. The Hall–Kier alpha value is -1.63. The fraction of sp³-hybridized carbons (Fsp3) is 0.615. The Balaban J connectivity index is 1.73. The van der Waals surface area contributed by atoms with Crippen molar-refractivity contribution >= 4 is 23.3 Å². The van der Waals surface area contributed by atoms with Gasteiger partial charge in [0.15, 0.2) is 5.69 Å². The summed E-state index contributed by atoms with van der Waals surface area (Å²) >= 11 is 1.31. The van der Waals surface area contributed by atoms with Gasteiger partial charge in [-0.15, -0.1) is 11.3 Å². The van der Waals surface area contributed by atoms with Crippen molar-refractivity contribution < 1.29 is 14.7 Å². The lowest BCUT2D eigenvalue weighted by Crippen LogP contribution is -2.41. The maximum atomic E-state index is 11.9. The number of rotatable bonds is 7. The molecule has 0 aliphatic heterocycles. The van der Waals surface area contributed by atoms with E-state index in [1.54, 1.807) is 0 Å². The average Bonchev–Trinajstić information content (AvgIpc) is 3.11. The van der Waals surface area contributed by atoms with E-state index >= 15 is 0 Å². The molecule has 0 aromatic carbocycles. The Morgan fingerprint density at radius 1 is 1.55 bits per heavy atom.